The number of sulfonamides is 1. The number of alkyl halides is 3. The zero-order chi connectivity index (χ0) is 41.5. The van der Waals surface area contributed by atoms with Crippen LogP contribution >= 0.6 is 11.6 Å². The first-order chi connectivity index (χ1) is 26.9. The molecule has 0 bridgehead atoms. The van der Waals surface area contributed by atoms with Crippen molar-refractivity contribution in [3.63, 3.8) is 0 Å². The summed E-state index contributed by atoms with van der Waals surface area (Å²) in [4.78, 5) is 33.9. The van der Waals surface area contributed by atoms with Gasteiger partial charge in [0.15, 0.2) is 5.75 Å². The molecule has 13 nitrogen and oxygen atoms in total. The molecule has 0 spiro atoms. The molecule has 0 N–H and O–H groups in total. The molecule has 3 amide bonds. The van der Waals surface area contributed by atoms with Gasteiger partial charge in [0.2, 0.25) is 5.54 Å². The monoisotopic (exact) mass is 839 g/mol. The molecule has 0 radical (unpaired) electrons. The maximum absolute atomic E-state index is 16.0. The molecular weight excluding hydrogens is 793 g/mol. The Morgan fingerprint density at radius 1 is 1.02 bits per heavy atom. The van der Waals surface area contributed by atoms with E-state index in [4.69, 9.17) is 30.5 Å². The molecule has 3 aliphatic rings. The Labute approximate surface area is 335 Å². The quantitative estimate of drug-likeness (QED) is 0.160. The minimum Gasteiger partial charge on any atom is -0.497 e. The second kappa shape index (κ2) is 16.3. The standard InChI is InChI=1S/C39H47ClF3N4O9S/c1-25-8-12-33(53-6)31(20-25)38(47(37(49)44(3)4)24-29(21-26(47)2)55-17-7-14-45-15-18-54-19-16-45)30-22-27(40)9-11-32(30)46(36(38)48)57(50,51)35-13-10-28(52-5)23-34(35)56-39(41,42)43/h8-13,20,22-23,26,29H,7,14-19,21,24H2,1-6H3/q+1/t26?,29-,38?,47?/m1/s1. The van der Waals surface area contributed by atoms with Crippen molar-refractivity contribution in [2.24, 2.45) is 0 Å². The SMILES string of the molecule is COc1ccc(S(=O)(=O)N2C(=O)C(c3cc(C)ccc3OC)([N+]3(C(=O)N(C)C)C[C@H](OCCCN4CCOCC4)CC3C)c3cc(Cl)ccc32)c(OC(F)(F)F)c1. The zero-order valence-corrected chi connectivity index (χ0v) is 34.2. The predicted molar refractivity (Wildman–Crippen MR) is 204 cm³/mol. The smallest absolute Gasteiger partial charge is 0.497 e. The van der Waals surface area contributed by atoms with Gasteiger partial charge in [-0.3, -0.25) is 14.6 Å². The van der Waals surface area contributed by atoms with E-state index in [0.29, 0.717) is 42.5 Å². The molecule has 2 saturated heterocycles. The lowest BCUT2D eigenvalue weighted by Gasteiger charge is -2.49. The van der Waals surface area contributed by atoms with Gasteiger partial charge in [-0.15, -0.1) is 13.2 Å². The van der Waals surface area contributed by atoms with Crippen LogP contribution in [0.3, 0.4) is 0 Å². The molecule has 4 atom stereocenters. The van der Waals surface area contributed by atoms with Crippen LogP contribution in [0.25, 0.3) is 0 Å². The lowest BCUT2D eigenvalue weighted by Crippen LogP contribution is -2.73. The summed E-state index contributed by atoms with van der Waals surface area (Å²) in [6.07, 6.45) is -4.90. The van der Waals surface area contributed by atoms with Gasteiger partial charge in [0.25, 0.3) is 10.0 Å². The third-order valence-electron chi connectivity index (χ3n) is 10.9. The van der Waals surface area contributed by atoms with E-state index in [0.717, 1.165) is 37.8 Å². The van der Waals surface area contributed by atoms with E-state index in [1.165, 1.54) is 51.4 Å². The number of amides is 3. The molecule has 3 aliphatic heterocycles. The van der Waals surface area contributed by atoms with Gasteiger partial charge in [-0.1, -0.05) is 23.2 Å². The highest BCUT2D eigenvalue weighted by molar-refractivity contribution is 7.93. The highest BCUT2D eigenvalue weighted by Crippen LogP contribution is 2.59. The average Bonchev–Trinajstić information content (AvgIpc) is 3.63. The highest BCUT2D eigenvalue weighted by atomic mass is 35.5. The van der Waals surface area contributed by atoms with Crippen molar-refractivity contribution in [1.29, 1.82) is 0 Å². The Morgan fingerprint density at radius 2 is 1.74 bits per heavy atom. The number of carbonyl (C=O) groups is 2. The van der Waals surface area contributed by atoms with Crippen LogP contribution in [0.1, 0.15) is 36.5 Å². The number of urea groups is 1. The zero-order valence-electron chi connectivity index (χ0n) is 32.6. The Kier molecular flexibility index (Phi) is 12.1. The number of nitrogens with zero attached hydrogens (tertiary/aromatic N) is 4. The lowest BCUT2D eigenvalue weighted by molar-refractivity contribution is -0.906. The van der Waals surface area contributed by atoms with Crippen molar-refractivity contribution in [2.75, 3.05) is 78.6 Å². The highest BCUT2D eigenvalue weighted by Gasteiger charge is 2.75. The maximum Gasteiger partial charge on any atom is 0.573 e. The number of hydrogen-bond acceptors (Lipinski definition) is 10. The minimum absolute atomic E-state index is 0.0364. The molecule has 3 unspecified atom stereocenters. The van der Waals surface area contributed by atoms with E-state index < -0.39 is 61.1 Å². The van der Waals surface area contributed by atoms with Crippen LogP contribution in [0, 0.1) is 6.92 Å². The Balaban J connectivity index is 1.59. The molecule has 6 rings (SSSR count). The van der Waals surface area contributed by atoms with Crippen LogP contribution in [0.4, 0.5) is 23.7 Å². The third-order valence-corrected chi connectivity index (χ3v) is 12.9. The van der Waals surface area contributed by atoms with Crippen molar-refractivity contribution in [1.82, 2.24) is 9.80 Å². The van der Waals surface area contributed by atoms with E-state index in [-0.39, 0.29) is 39.9 Å². The molecule has 57 heavy (non-hydrogen) atoms. The summed E-state index contributed by atoms with van der Waals surface area (Å²) in [6, 6.07) is 10.7. The number of fused-ring (bicyclic) bond motifs is 1. The van der Waals surface area contributed by atoms with Crippen LogP contribution < -0.4 is 18.5 Å². The number of hydrogen-bond donors (Lipinski definition) is 0. The van der Waals surface area contributed by atoms with Crippen molar-refractivity contribution in [3.8, 4) is 17.2 Å². The second-order valence-electron chi connectivity index (χ2n) is 14.6. The molecule has 18 heteroatoms. The van der Waals surface area contributed by atoms with Gasteiger partial charge < -0.3 is 23.7 Å². The van der Waals surface area contributed by atoms with Crippen LogP contribution in [-0.2, 0) is 29.8 Å². The molecule has 0 aromatic heterocycles. The number of rotatable bonds is 12. The Bertz CT molecular complexity index is 2120. The number of morpholine rings is 1. The van der Waals surface area contributed by atoms with E-state index in [9.17, 15) is 13.2 Å². The van der Waals surface area contributed by atoms with Gasteiger partial charge in [0.1, 0.15) is 29.0 Å². The Morgan fingerprint density at radius 3 is 2.39 bits per heavy atom. The van der Waals surface area contributed by atoms with Crippen LogP contribution in [0.5, 0.6) is 17.2 Å². The normalized spacial score (nSPS) is 24.0. The first-order valence-corrected chi connectivity index (χ1v) is 20.2. The largest absolute Gasteiger partial charge is 0.573 e. The van der Waals surface area contributed by atoms with Gasteiger partial charge in [0.05, 0.1) is 50.3 Å². The predicted octanol–water partition coefficient (Wildman–Crippen LogP) is 5.94. The van der Waals surface area contributed by atoms with Crippen molar-refractivity contribution in [3.05, 3.63) is 76.3 Å². The fraction of sp³-hybridized carbons (Fsp3) is 0.487. The molecule has 310 valence electrons. The number of benzene rings is 3. The number of halogens is 4. The third kappa shape index (κ3) is 7.53. The average molecular weight is 840 g/mol. The molecular formula is C39H47ClF3N4O9S+. The number of carbonyl (C=O) groups excluding carboxylic acids is 2. The van der Waals surface area contributed by atoms with E-state index in [1.54, 1.807) is 32.0 Å². The number of likely N-dealkylation sites (tertiary alicyclic amines) is 1. The summed E-state index contributed by atoms with van der Waals surface area (Å²) in [7, 11) is 0.385. The molecule has 2 fully saturated rings. The van der Waals surface area contributed by atoms with E-state index >= 15 is 18.0 Å². The second-order valence-corrected chi connectivity index (χ2v) is 16.8. The minimum atomic E-state index is -5.31. The Hall–Kier alpha value is -4.13. The summed E-state index contributed by atoms with van der Waals surface area (Å²) >= 11 is 6.70. The topological polar surface area (TPSA) is 124 Å². The van der Waals surface area contributed by atoms with E-state index in [1.807, 2.05) is 0 Å². The summed E-state index contributed by atoms with van der Waals surface area (Å²) < 4.78 is 98.4. The molecule has 3 aromatic carbocycles. The van der Waals surface area contributed by atoms with Crippen LogP contribution in [0.15, 0.2) is 59.5 Å². The molecule has 3 heterocycles. The first kappa shape index (κ1) is 42.5. The van der Waals surface area contributed by atoms with Crippen LogP contribution in [-0.4, -0.2) is 127 Å². The van der Waals surface area contributed by atoms with Crippen molar-refractivity contribution in [2.45, 2.75) is 55.6 Å². The molecule has 3 aromatic rings. The number of anilines is 1. The van der Waals surface area contributed by atoms with Crippen molar-refractivity contribution < 1.29 is 59.3 Å². The van der Waals surface area contributed by atoms with Gasteiger partial charge in [-0.2, -0.15) is 4.31 Å². The number of quaternary nitrogens is 1. The van der Waals surface area contributed by atoms with Gasteiger partial charge >= 0.3 is 18.3 Å². The summed E-state index contributed by atoms with van der Waals surface area (Å²) in [5.74, 6) is -2.22. The van der Waals surface area contributed by atoms with Crippen molar-refractivity contribution >= 4 is 39.2 Å². The fourth-order valence-electron chi connectivity index (χ4n) is 8.54. The maximum atomic E-state index is 16.0. The first-order valence-electron chi connectivity index (χ1n) is 18.4. The molecule has 0 aliphatic carbocycles. The number of methoxy groups -OCH3 is 2. The fourth-order valence-corrected chi connectivity index (χ4v) is 10.3. The van der Waals surface area contributed by atoms with Gasteiger partial charge in [-0.25, -0.2) is 17.7 Å². The molecule has 0 saturated carbocycles. The number of aryl methyl sites for hydroxylation is 1. The van der Waals surface area contributed by atoms with Crippen LogP contribution in [0.2, 0.25) is 5.02 Å². The van der Waals surface area contributed by atoms with Gasteiger partial charge in [0, 0.05) is 57.8 Å². The summed E-state index contributed by atoms with van der Waals surface area (Å²) in [5.41, 5.74) is -1.61. The van der Waals surface area contributed by atoms with E-state index in [2.05, 4.69) is 9.64 Å². The van der Waals surface area contributed by atoms with Gasteiger partial charge in [-0.05, 0) is 62.7 Å². The summed E-state index contributed by atoms with van der Waals surface area (Å²) in [5, 5.41) is 0.112. The summed E-state index contributed by atoms with van der Waals surface area (Å²) in [6.45, 7) is 7.54. The number of ether oxygens (including phenoxy) is 5. The lowest BCUT2D eigenvalue weighted by atomic mass is 9.78.